The van der Waals surface area contributed by atoms with Crippen LogP contribution in [0.4, 0.5) is 0 Å². The molecular formula is C21H32N2O4. The fourth-order valence-corrected chi connectivity index (χ4v) is 3.33. The highest BCUT2D eigenvalue weighted by atomic mass is 16.5. The van der Waals surface area contributed by atoms with Gasteiger partial charge in [0.25, 0.3) is 0 Å². The summed E-state index contributed by atoms with van der Waals surface area (Å²) in [4.78, 5) is 25.6. The molecule has 0 aliphatic carbocycles. The second-order valence-electron chi connectivity index (χ2n) is 7.21. The van der Waals surface area contributed by atoms with Gasteiger partial charge in [-0.15, -0.1) is 0 Å². The molecule has 1 aliphatic rings. The van der Waals surface area contributed by atoms with E-state index in [0.29, 0.717) is 24.6 Å². The number of ether oxygens (including phenoxy) is 2. The number of nitrogens with zero attached hydrogens (tertiary/aromatic N) is 1. The number of hydrogen-bond donors (Lipinski definition) is 1. The Morgan fingerprint density at radius 1 is 1.30 bits per heavy atom. The number of rotatable bonds is 11. The fraction of sp³-hybridized carbons (Fsp3) is 0.619. The lowest BCUT2D eigenvalue weighted by atomic mass is 10.1. The minimum absolute atomic E-state index is 0.237. The first kappa shape index (κ1) is 21.4. The van der Waals surface area contributed by atoms with Crippen LogP contribution in [0.5, 0.6) is 0 Å². The third-order valence-electron chi connectivity index (χ3n) is 4.81. The third-order valence-corrected chi connectivity index (χ3v) is 4.81. The van der Waals surface area contributed by atoms with Gasteiger partial charge in [-0.1, -0.05) is 12.1 Å². The van der Waals surface area contributed by atoms with Crippen LogP contribution in [0.1, 0.15) is 55.5 Å². The number of carbonyl (C=O) groups excluding carboxylic acids is 2. The van der Waals surface area contributed by atoms with E-state index < -0.39 is 0 Å². The average molecular weight is 376 g/mol. The number of carbonyl (C=O) groups is 2. The number of nitrogens with one attached hydrogen (secondary N) is 1. The summed E-state index contributed by atoms with van der Waals surface area (Å²) >= 11 is 0. The lowest BCUT2D eigenvalue weighted by Crippen LogP contribution is -2.36. The van der Waals surface area contributed by atoms with Crippen LogP contribution in [0.2, 0.25) is 0 Å². The molecule has 1 aliphatic heterocycles. The van der Waals surface area contributed by atoms with Gasteiger partial charge in [0.1, 0.15) is 0 Å². The lowest BCUT2D eigenvalue weighted by Gasteiger charge is -2.25. The maximum atomic E-state index is 12.1. The van der Waals surface area contributed by atoms with Crippen molar-refractivity contribution in [2.75, 3.05) is 26.8 Å². The van der Waals surface area contributed by atoms with Gasteiger partial charge in [-0.25, -0.2) is 4.79 Å². The number of esters is 1. The lowest BCUT2D eigenvalue weighted by molar-refractivity contribution is -0.129. The molecule has 1 aromatic rings. The normalized spacial score (nSPS) is 17.0. The van der Waals surface area contributed by atoms with E-state index in [0.717, 1.165) is 44.5 Å². The number of hydrogen-bond acceptors (Lipinski definition) is 5. The number of likely N-dealkylation sites (tertiary alicyclic amines) is 1. The van der Waals surface area contributed by atoms with Crippen LogP contribution in [-0.2, 0) is 20.8 Å². The standard InChI is InChI=1S/C21H32N2O4/c1-16(2)27-14-4-13-23-19(9-10-20(23)24)11-12-22-15-17-5-7-18(8-6-17)21(25)26-3/h5-8,16,19,22H,4,9-15H2,1-3H3. The molecule has 150 valence electrons. The molecule has 1 aromatic carbocycles. The fourth-order valence-electron chi connectivity index (χ4n) is 3.33. The quantitative estimate of drug-likeness (QED) is 0.475. The molecule has 1 atom stereocenters. The predicted octanol–water partition coefficient (Wildman–Crippen LogP) is 2.76. The van der Waals surface area contributed by atoms with Gasteiger partial charge in [0.15, 0.2) is 0 Å². The molecule has 1 unspecified atom stereocenters. The zero-order valence-corrected chi connectivity index (χ0v) is 16.7. The Morgan fingerprint density at radius 2 is 2.04 bits per heavy atom. The minimum Gasteiger partial charge on any atom is -0.465 e. The van der Waals surface area contributed by atoms with Crippen molar-refractivity contribution < 1.29 is 19.1 Å². The van der Waals surface area contributed by atoms with Gasteiger partial charge in [0, 0.05) is 32.2 Å². The van der Waals surface area contributed by atoms with E-state index in [4.69, 9.17) is 9.47 Å². The Bertz CT molecular complexity index is 601. The molecule has 1 heterocycles. The molecule has 6 heteroatoms. The molecule has 0 bridgehead atoms. The summed E-state index contributed by atoms with van der Waals surface area (Å²) in [6, 6.07) is 7.74. The highest BCUT2D eigenvalue weighted by molar-refractivity contribution is 5.89. The molecule has 0 spiro atoms. The van der Waals surface area contributed by atoms with E-state index in [1.165, 1.54) is 7.11 Å². The van der Waals surface area contributed by atoms with Crippen LogP contribution in [-0.4, -0.2) is 55.7 Å². The Kier molecular flexibility index (Phi) is 8.75. The van der Waals surface area contributed by atoms with Gasteiger partial charge < -0.3 is 19.7 Å². The van der Waals surface area contributed by atoms with Crippen molar-refractivity contribution in [3.05, 3.63) is 35.4 Å². The molecule has 0 aromatic heterocycles. The van der Waals surface area contributed by atoms with Crippen molar-refractivity contribution in [2.24, 2.45) is 0 Å². The maximum absolute atomic E-state index is 12.1. The van der Waals surface area contributed by atoms with Crippen LogP contribution >= 0.6 is 0 Å². The van der Waals surface area contributed by atoms with Gasteiger partial charge in [-0.3, -0.25) is 4.79 Å². The van der Waals surface area contributed by atoms with Crippen LogP contribution in [0, 0.1) is 0 Å². The summed E-state index contributed by atoms with van der Waals surface area (Å²) < 4.78 is 10.3. The molecular weight excluding hydrogens is 344 g/mol. The van der Waals surface area contributed by atoms with Crippen LogP contribution < -0.4 is 5.32 Å². The Hall–Kier alpha value is -1.92. The second kappa shape index (κ2) is 11.0. The molecule has 27 heavy (non-hydrogen) atoms. The minimum atomic E-state index is -0.320. The summed E-state index contributed by atoms with van der Waals surface area (Å²) in [7, 11) is 1.38. The van der Waals surface area contributed by atoms with Crippen molar-refractivity contribution in [3.8, 4) is 0 Å². The maximum Gasteiger partial charge on any atom is 0.337 e. The van der Waals surface area contributed by atoms with Gasteiger partial charge in [0.2, 0.25) is 5.91 Å². The molecule has 1 N–H and O–H groups in total. The monoisotopic (exact) mass is 376 g/mol. The first-order chi connectivity index (χ1) is 13.0. The number of amides is 1. The van der Waals surface area contributed by atoms with Crippen molar-refractivity contribution >= 4 is 11.9 Å². The van der Waals surface area contributed by atoms with E-state index in [1.54, 1.807) is 12.1 Å². The van der Waals surface area contributed by atoms with Gasteiger partial charge >= 0.3 is 5.97 Å². The van der Waals surface area contributed by atoms with Crippen LogP contribution in [0.15, 0.2) is 24.3 Å². The molecule has 1 saturated heterocycles. The van der Waals surface area contributed by atoms with Crippen molar-refractivity contribution in [1.82, 2.24) is 10.2 Å². The van der Waals surface area contributed by atoms with E-state index >= 15 is 0 Å². The summed E-state index contributed by atoms with van der Waals surface area (Å²) in [5.41, 5.74) is 1.68. The van der Waals surface area contributed by atoms with Gasteiger partial charge in [0.05, 0.1) is 18.8 Å². The molecule has 6 nitrogen and oxygen atoms in total. The summed E-state index contributed by atoms with van der Waals surface area (Å²) in [6.07, 6.45) is 3.68. The molecule has 0 radical (unpaired) electrons. The van der Waals surface area contributed by atoms with E-state index in [-0.39, 0.29) is 18.0 Å². The first-order valence-electron chi connectivity index (χ1n) is 9.80. The van der Waals surface area contributed by atoms with Crippen LogP contribution in [0.3, 0.4) is 0 Å². The molecule has 1 fully saturated rings. The highest BCUT2D eigenvalue weighted by Gasteiger charge is 2.29. The third kappa shape index (κ3) is 6.96. The smallest absolute Gasteiger partial charge is 0.337 e. The van der Waals surface area contributed by atoms with Gasteiger partial charge in [-0.05, 0) is 57.4 Å². The zero-order valence-electron chi connectivity index (χ0n) is 16.7. The van der Waals surface area contributed by atoms with Crippen molar-refractivity contribution in [3.63, 3.8) is 0 Å². The summed E-state index contributed by atoms with van der Waals surface area (Å²) in [5.74, 6) is -0.0535. The SMILES string of the molecule is COC(=O)c1ccc(CNCCC2CCC(=O)N2CCCOC(C)C)cc1. The van der Waals surface area contributed by atoms with E-state index in [1.807, 2.05) is 30.9 Å². The summed E-state index contributed by atoms with van der Waals surface area (Å²) in [5, 5.41) is 3.43. The highest BCUT2D eigenvalue weighted by Crippen LogP contribution is 2.21. The topological polar surface area (TPSA) is 67.9 Å². The zero-order chi connectivity index (χ0) is 19.6. The first-order valence-corrected chi connectivity index (χ1v) is 9.80. The van der Waals surface area contributed by atoms with E-state index in [2.05, 4.69) is 5.32 Å². The second-order valence-corrected chi connectivity index (χ2v) is 7.21. The Labute approximate surface area is 162 Å². The van der Waals surface area contributed by atoms with E-state index in [9.17, 15) is 9.59 Å². The molecule has 2 rings (SSSR count). The molecule has 0 saturated carbocycles. The predicted molar refractivity (Wildman–Crippen MR) is 105 cm³/mol. The van der Waals surface area contributed by atoms with Gasteiger partial charge in [-0.2, -0.15) is 0 Å². The number of benzene rings is 1. The Morgan fingerprint density at radius 3 is 2.70 bits per heavy atom. The Balaban J connectivity index is 1.69. The van der Waals surface area contributed by atoms with Crippen molar-refractivity contribution in [2.45, 2.75) is 58.2 Å². The summed E-state index contributed by atoms with van der Waals surface area (Å²) in [6.45, 7) is 7.14. The average Bonchev–Trinajstić information content (AvgIpc) is 3.01. The van der Waals surface area contributed by atoms with Crippen molar-refractivity contribution in [1.29, 1.82) is 0 Å². The van der Waals surface area contributed by atoms with Crippen LogP contribution in [0.25, 0.3) is 0 Å². The largest absolute Gasteiger partial charge is 0.465 e. The molecule has 1 amide bonds. The number of methoxy groups -OCH3 is 1.